The van der Waals surface area contributed by atoms with Crippen molar-refractivity contribution >= 4 is 5.69 Å². The molecule has 102 valence electrons. The zero-order chi connectivity index (χ0) is 13.4. The van der Waals surface area contributed by atoms with Crippen LogP contribution in [-0.2, 0) is 9.47 Å². The number of rotatable bonds is 7. The van der Waals surface area contributed by atoms with Gasteiger partial charge in [-0.3, -0.25) is 0 Å². The van der Waals surface area contributed by atoms with E-state index in [1.165, 1.54) is 5.69 Å². The summed E-state index contributed by atoms with van der Waals surface area (Å²) in [5.74, 6) is 0. The predicted molar refractivity (Wildman–Crippen MR) is 76.2 cm³/mol. The van der Waals surface area contributed by atoms with Crippen molar-refractivity contribution in [3.8, 4) is 0 Å². The third-order valence-electron chi connectivity index (χ3n) is 2.77. The van der Waals surface area contributed by atoms with Gasteiger partial charge in [-0.2, -0.15) is 0 Å². The van der Waals surface area contributed by atoms with Gasteiger partial charge in [-0.1, -0.05) is 18.2 Å². The van der Waals surface area contributed by atoms with Crippen molar-refractivity contribution in [2.75, 3.05) is 38.4 Å². The molecule has 3 nitrogen and oxygen atoms in total. The Hall–Kier alpha value is -1.06. The molecule has 1 aromatic carbocycles. The van der Waals surface area contributed by atoms with E-state index in [0.717, 1.165) is 13.2 Å². The van der Waals surface area contributed by atoms with E-state index >= 15 is 0 Å². The fourth-order valence-electron chi connectivity index (χ4n) is 1.86. The van der Waals surface area contributed by atoms with Crippen molar-refractivity contribution in [1.82, 2.24) is 0 Å². The maximum atomic E-state index is 5.55. The van der Waals surface area contributed by atoms with Gasteiger partial charge in [-0.15, -0.1) is 0 Å². The van der Waals surface area contributed by atoms with Crippen molar-refractivity contribution < 1.29 is 9.47 Å². The summed E-state index contributed by atoms with van der Waals surface area (Å²) in [6, 6.07) is 10.5. The molecule has 0 atom stereocenters. The Kier molecular flexibility index (Phi) is 6.16. The number of benzene rings is 1. The maximum absolute atomic E-state index is 5.55. The molecule has 18 heavy (non-hydrogen) atoms. The fourth-order valence-corrected chi connectivity index (χ4v) is 1.86. The van der Waals surface area contributed by atoms with Crippen LogP contribution >= 0.6 is 0 Å². The summed E-state index contributed by atoms with van der Waals surface area (Å²) in [5.41, 5.74) is 1.33. The number of anilines is 1. The van der Waals surface area contributed by atoms with Gasteiger partial charge in [0.25, 0.3) is 0 Å². The molecular formula is C15H25NO2. The fraction of sp³-hybridized carbons (Fsp3) is 0.600. The molecule has 0 bridgehead atoms. The Morgan fingerprint density at radius 2 is 1.67 bits per heavy atom. The Bertz CT molecular complexity index is 319. The molecule has 0 unspecified atom stereocenters. The second-order valence-corrected chi connectivity index (χ2v) is 5.26. The predicted octanol–water partition coefficient (Wildman–Crippen LogP) is 2.95. The number of ether oxygens (including phenoxy) is 2. The average Bonchev–Trinajstić information content (AvgIpc) is 2.33. The molecule has 0 N–H and O–H groups in total. The quantitative estimate of drug-likeness (QED) is 0.695. The lowest BCUT2D eigenvalue weighted by Gasteiger charge is -2.37. The lowest BCUT2D eigenvalue weighted by molar-refractivity contribution is 0.0728. The third kappa shape index (κ3) is 5.07. The smallest absolute Gasteiger partial charge is 0.0701 e. The maximum Gasteiger partial charge on any atom is 0.0701 e. The number of methoxy groups -OCH3 is 1. The Morgan fingerprint density at radius 3 is 2.22 bits per heavy atom. The standard InChI is InChI=1S/C15H25NO2/c1-15(2,3)16(10-11-18-13-12-17-4)14-8-6-5-7-9-14/h5-9H,10-13H2,1-4H3. The third-order valence-corrected chi connectivity index (χ3v) is 2.77. The molecular weight excluding hydrogens is 226 g/mol. The summed E-state index contributed by atoms with van der Waals surface area (Å²) < 4.78 is 10.5. The van der Waals surface area contributed by atoms with Crippen molar-refractivity contribution in [3.05, 3.63) is 30.3 Å². The summed E-state index contributed by atoms with van der Waals surface area (Å²) in [4.78, 5) is 2.36. The highest BCUT2D eigenvalue weighted by atomic mass is 16.5. The van der Waals surface area contributed by atoms with E-state index in [-0.39, 0.29) is 5.54 Å². The van der Waals surface area contributed by atoms with Crippen LogP contribution in [0.5, 0.6) is 0 Å². The second-order valence-electron chi connectivity index (χ2n) is 5.26. The van der Waals surface area contributed by atoms with Crippen LogP contribution in [0.4, 0.5) is 5.69 Å². The Labute approximate surface area is 111 Å². The molecule has 0 amide bonds. The van der Waals surface area contributed by atoms with Gasteiger partial charge in [-0.25, -0.2) is 0 Å². The van der Waals surface area contributed by atoms with Gasteiger partial charge >= 0.3 is 0 Å². The van der Waals surface area contributed by atoms with E-state index < -0.39 is 0 Å². The summed E-state index contributed by atoms with van der Waals surface area (Å²) in [6.45, 7) is 9.57. The van der Waals surface area contributed by atoms with Gasteiger partial charge in [0.2, 0.25) is 0 Å². The SMILES string of the molecule is COCCOCCN(c1ccccc1)C(C)(C)C. The number of hydrogen-bond donors (Lipinski definition) is 0. The Morgan fingerprint density at radius 1 is 1.00 bits per heavy atom. The first-order chi connectivity index (χ1) is 8.55. The zero-order valence-corrected chi connectivity index (χ0v) is 12.0. The van der Waals surface area contributed by atoms with E-state index in [1.54, 1.807) is 7.11 Å². The first-order valence-corrected chi connectivity index (χ1v) is 6.45. The molecule has 3 heteroatoms. The monoisotopic (exact) mass is 251 g/mol. The normalized spacial score (nSPS) is 11.6. The summed E-state index contributed by atoms with van der Waals surface area (Å²) in [6.07, 6.45) is 0. The van der Waals surface area contributed by atoms with Gasteiger partial charge in [0, 0.05) is 24.9 Å². The van der Waals surface area contributed by atoms with Crippen molar-refractivity contribution in [2.24, 2.45) is 0 Å². The van der Waals surface area contributed by atoms with Crippen LogP contribution in [0.1, 0.15) is 20.8 Å². The minimum Gasteiger partial charge on any atom is -0.382 e. The summed E-state index contributed by atoms with van der Waals surface area (Å²) in [7, 11) is 1.69. The van der Waals surface area contributed by atoms with E-state index in [1.807, 2.05) is 6.07 Å². The molecule has 1 rings (SSSR count). The number of para-hydroxylation sites is 1. The lowest BCUT2D eigenvalue weighted by Crippen LogP contribution is -2.43. The van der Waals surface area contributed by atoms with Crippen LogP contribution in [-0.4, -0.2) is 39.0 Å². The van der Waals surface area contributed by atoms with Gasteiger partial charge in [0.05, 0.1) is 19.8 Å². The van der Waals surface area contributed by atoms with Crippen LogP contribution in [0.2, 0.25) is 0 Å². The van der Waals surface area contributed by atoms with Crippen LogP contribution in [0.3, 0.4) is 0 Å². The van der Waals surface area contributed by atoms with Gasteiger partial charge in [-0.05, 0) is 32.9 Å². The van der Waals surface area contributed by atoms with Crippen molar-refractivity contribution in [2.45, 2.75) is 26.3 Å². The Balaban J connectivity index is 2.53. The van der Waals surface area contributed by atoms with Crippen LogP contribution < -0.4 is 4.90 Å². The summed E-state index contributed by atoms with van der Waals surface area (Å²) in [5, 5.41) is 0. The average molecular weight is 251 g/mol. The highest BCUT2D eigenvalue weighted by Crippen LogP contribution is 2.22. The first kappa shape index (κ1) is 15.0. The molecule has 0 fully saturated rings. The van der Waals surface area contributed by atoms with Gasteiger partial charge in [0.15, 0.2) is 0 Å². The molecule has 1 aromatic rings. The minimum absolute atomic E-state index is 0.0893. The van der Waals surface area contributed by atoms with E-state index in [0.29, 0.717) is 13.2 Å². The second kappa shape index (κ2) is 7.39. The number of hydrogen-bond acceptors (Lipinski definition) is 3. The molecule has 0 aliphatic rings. The highest BCUT2D eigenvalue weighted by molar-refractivity contribution is 5.48. The van der Waals surface area contributed by atoms with Gasteiger partial charge in [0.1, 0.15) is 0 Å². The topological polar surface area (TPSA) is 21.7 Å². The van der Waals surface area contributed by atoms with Gasteiger partial charge < -0.3 is 14.4 Å². The molecule has 0 heterocycles. The molecule has 0 aliphatic heterocycles. The molecule has 0 aromatic heterocycles. The van der Waals surface area contributed by atoms with E-state index in [9.17, 15) is 0 Å². The van der Waals surface area contributed by atoms with E-state index in [2.05, 4.69) is 49.9 Å². The molecule has 0 aliphatic carbocycles. The minimum atomic E-state index is 0.0893. The van der Waals surface area contributed by atoms with Crippen molar-refractivity contribution in [3.63, 3.8) is 0 Å². The molecule has 0 radical (unpaired) electrons. The molecule has 0 saturated carbocycles. The highest BCUT2D eigenvalue weighted by Gasteiger charge is 2.20. The largest absolute Gasteiger partial charge is 0.382 e. The molecule has 0 spiro atoms. The molecule has 0 saturated heterocycles. The first-order valence-electron chi connectivity index (χ1n) is 6.45. The van der Waals surface area contributed by atoms with Crippen LogP contribution in [0.15, 0.2) is 30.3 Å². The zero-order valence-electron chi connectivity index (χ0n) is 12.0. The van der Waals surface area contributed by atoms with E-state index in [4.69, 9.17) is 9.47 Å². The summed E-state index contributed by atoms with van der Waals surface area (Å²) >= 11 is 0. The lowest BCUT2D eigenvalue weighted by atomic mass is 10.0. The van der Waals surface area contributed by atoms with Crippen molar-refractivity contribution in [1.29, 1.82) is 0 Å². The van der Waals surface area contributed by atoms with Crippen LogP contribution in [0, 0.1) is 0 Å². The number of nitrogens with zero attached hydrogens (tertiary/aromatic N) is 1. The van der Waals surface area contributed by atoms with Crippen LogP contribution in [0.25, 0.3) is 0 Å².